The van der Waals surface area contributed by atoms with Gasteiger partial charge in [0.05, 0.1) is 5.41 Å². The molecule has 0 radical (unpaired) electrons. The second-order valence-corrected chi connectivity index (χ2v) is 19.7. The molecule has 0 saturated heterocycles. The summed E-state index contributed by atoms with van der Waals surface area (Å²) >= 11 is 0. The van der Waals surface area contributed by atoms with Crippen LogP contribution in [0.4, 0.5) is 0 Å². The van der Waals surface area contributed by atoms with Crippen molar-refractivity contribution >= 4 is 5.57 Å². The minimum Gasteiger partial charge on any atom is -0.305 e. The Morgan fingerprint density at radius 3 is 1.78 bits per heavy atom. The Kier molecular flexibility index (Phi) is 10.7. The van der Waals surface area contributed by atoms with Crippen LogP contribution in [0.25, 0.3) is 73.5 Å². The van der Waals surface area contributed by atoms with Gasteiger partial charge in [0.25, 0.3) is 0 Å². The maximum absolute atomic E-state index is 5.43. The van der Waals surface area contributed by atoms with Crippen LogP contribution in [0.1, 0.15) is 70.0 Å². The van der Waals surface area contributed by atoms with Crippen molar-refractivity contribution in [3.05, 3.63) is 275 Å². The fourth-order valence-electron chi connectivity index (χ4n) is 12.3. The van der Waals surface area contributed by atoms with E-state index in [2.05, 4.69) is 184 Å². The Hall–Kier alpha value is -7.62. The molecule has 10 aromatic rings. The van der Waals surface area contributed by atoms with Gasteiger partial charge in [-0.2, -0.15) is 24.3 Å². The van der Waals surface area contributed by atoms with Crippen LogP contribution < -0.4 is 0 Å². The van der Waals surface area contributed by atoms with Crippen LogP contribution >= 0.6 is 0 Å². The van der Waals surface area contributed by atoms with Crippen molar-refractivity contribution in [1.82, 2.24) is 24.9 Å². The first-order valence-corrected chi connectivity index (χ1v) is 24.6. The molecule has 14 rings (SSSR count). The van der Waals surface area contributed by atoms with Gasteiger partial charge in [0.2, 0.25) is 0 Å². The third-order valence-electron chi connectivity index (χ3n) is 15.5. The van der Waals surface area contributed by atoms with Crippen LogP contribution in [0.5, 0.6) is 0 Å². The van der Waals surface area contributed by atoms with E-state index >= 15 is 0 Å². The quantitative estimate of drug-likeness (QED) is 0.155. The van der Waals surface area contributed by atoms with E-state index in [-0.39, 0.29) is 36.5 Å². The molecule has 0 aliphatic heterocycles. The Labute approximate surface area is 444 Å². The van der Waals surface area contributed by atoms with Crippen LogP contribution in [0.3, 0.4) is 0 Å². The molecule has 2 unspecified atom stereocenters. The van der Waals surface area contributed by atoms with Crippen LogP contribution in [-0.2, 0) is 17.3 Å². The van der Waals surface area contributed by atoms with E-state index in [1.807, 2.05) is 54.6 Å². The SMILES string of the molecule is CC1(C)c2ccccc2C2(c3ccc(-c4nc(C5=CC6Cc7ccccc7C6C=C5)[c-]c(-c5[c-]cccc5)n4)cc3-c3c(-c4nc(-c5ccccc5)nc(-c5ccccc5)n4)cccc32)c2ccccc21.[U+2]. The van der Waals surface area contributed by atoms with Gasteiger partial charge in [0, 0.05) is 33.6 Å². The number of allylic oxidation sites excluding steroid dienone is 4. The predicted molar refractivity (Wildman–Crippen MR) is 283 cm³/mol. The third-order valence-corrected chi connectivity index (χ3v) is 15.5. The third kappa shape index (κ3) is 6.84. The summed E-state index contributed by atoms with van der Waals surface area (Å²) < 4.78 is 0. The molecule has 338 valence electrons. The van der Waals surface area contributed by atoms with Gasteiger partial charge in [-0.05, 0) is 79.7 Å². The monoisotopic (exact) mass is 1150 g/mol. The number of aromatic nitrogens is 5. The van der Waals surface area contributed by atoms with Crippen LogP contribution in [0.2, 0.25) is 0 Å². The molecule has 0 bridgehead atoms. The predicted octanol–water partition coefficient (Wildman–Crippen LogP) is 14.5. The van der Waals surface area contributed by atoms with Crippen LogP contribution in [0.15, 0.2) is 212 Å². The van der Waals surface area contributed by atoms with Crippen molar-refractivity contribution in [2.24, 2.45) is 5.92 Å². The maximum atomic E-state index is 5.43. The first-order chi connectivity index (χ1) is 34.9. The Morgan fingerprint density at radius 1 is 0.486 bits per heavy atom. The smallest absolute Gasteiger partial charge is 0.305 e. The van der Waals surface area contributed by atoms with Gasteiger partial charge in [-0.15, -0.1) is 29.5 Å². The second-order valence-electron chi connectivity index (χ2n) is 19.7. The van der Waals surface area contributed by atoms with Crippen molar-refractivity contribution in [2.45, 2.75) is 37.0 Å². The van der Waals surface area contributed by atoms with Gasteiger partial charge in [-0.25, -0.2) is 26.6 Å². The molecule has 2 heterocycles. The molecule has 72 heavy (non-hydrogen) atoms. The zero-order valence-corrected chi connectivity index (χ0v) is 44.0. The van der Waals surface area contributed by atoms with Crippen molar-refractivity contribution in [2.75, 3.05) is 0 Å². The van der Waals surface area contributed by atoms with Gasteiger partial charge >= 0.3 is 31.1 Å². The molecule has 4 aliphatic carbocycles. The Bertz CT molecular complexity index is 3730. The molecule has 0 N–H and O–H groups in total. The van der Waals surface area contributed by atoms with E-state index in [1.54, 1.807) is 0 Å². The van der Waals surface area contributed by atoms with E-state index in [0.717, 1.165) is 56.6 Å². The van der Waals surface area contributed by atoms with Gasteiger partial charge < -0.3 is 4.98 Å². The van der Waals surface area contributed by atoms with Gasteiger partial charge in [0.1, 0.15) is 5.82 Å². The van der Waals surface area contributed by atoms with E-state index in [9.17, 15) is 0 Å². The molecule has 5 nitrogen and oxygen atoms in total. The van der Waals surface area contributed by atoms with Crippen LogP contribution in [-0.4, -0.2) is 24.9 Å². The van der Waals surface area contributed by atoms with Crippen molar-refractivity contribution in [3.63, 3.8) is 0 Å². The van der Waals surface area contributed by atoms with Crippen molar-refractivity contribution < 1.29 is 31.1 Å². The van der Waals surface area contributed by atoms with Crippen molar-refractivity contribution in [3.8, 4) is 67.9 Å². The molecular formula is C66H45N5U. The molecule has 8 aromatic carbocycles. The number of rotatable bonds is 6. The minimum absolute atomic E-state index is 0. The largest absolute Gasteiger partial charge is 2.00 e. The Morgan fingerprint density at radius 2 is 1.08 bits per heavy atom. The van der Waals surface area contributed by atoms with E-state index in [4.69, 9.17) is 24.9 Å². The molecule has 6 heteroatoms. The van der Waals surface area contributed by atoms with E-state index in [1.165, 1.54) is 44.5 Å². The minimum atomic E-state index is -0.660. The summed E-state index contributed by atoms with van der Waals surface area (Å²) in [5, 5.41) is 0. The van der Waals surface area contributed by atoms with Crippen molar-refractivity contribution in [1.29, 1.82) is 0 Å². The number of fused-ring (bicyclic) bond motifs is 12. The fraction of sp³-hybridized carbons (Fsp3) is 0.106. The summed E-state index contributed by atoms with van der Waals surface area (Å²) in [4.78, 5) is 26.6. The summed E-state index contributed by atoms with van der Waals surface area (Å²) in [5.74, 6) is 3.18. The average molecular weight is 1150 g/mol. The number of benzene rings is 8. The summed E-state index contributed by atoms with van der Waals surface area (Å²) in [7, 11) is 0. The first kappa shape index (κ1) is 44.3. The molecule has 1 spiro atoms. The summed E-state index contributed by atoms with van der Waals surface area (Å²) in [6.45, 7) is 4.72. The molecule has 0 amide bonds. The fourth-order valence-corrected chi connectivity index (χ4v) is 12.3. The van der Waals surface area contributed by atoms with Gasteiger partial charge in [-0.1, -0.05) is 184 Å². The van der Waals surface area contributed by atoms with Gasteiger partial charge in [0.15, 0.2) is 17.5 Å². The molecule has 4 aliphatic rings. The topological polar surface area (TPSA) is 64.5 Å². The zero-order valence-electron chi connectivity index (χ0n) is 39.8. The molecule has 2 aromatic heterocycles. The summed E-state index contributed by atoms with van der Waals surface area (Å²) in [5.41, 5.74) is 18.8. The standard InChI is InChI=1S/C66H45N5.U/c1-65(2)53-28-14-16-30-55(53)66(56-31-17-15-29-54(56)65)52-36-34-46(63-67-58(41-19-6-3-7-20-41)40-59(68-63)45-33-35-49-47(38-45)37-44-25-12-13-26-48(44)49)39-51(52)60-50(27-18-32-57(60)66)64-70-61(42-21-8-4-9-22-42)69-62(71-64)43-23-10-5-11-24-43;/h3-19,21-36,38-39,47,49H,37H2,1-2H3;/q-2;+2. The molecule has 2 atom stereocenters. The molecule has 0 fully saturated rings. The Balaban J connectivity index is 0.00000504. The van der Waals surface area contributed by atoms with E-state index < -0.39 is 5.41 Å². The first-order valence-electron chi connectivity index (χ1n) is 24.6. The molecular weight excluding hydrogens is 1100 g/mol. The average Bonchev–Trinajstić information content (AvgIpc) is 3.96. The number of hydrogen-bond donors (Lipinski definition) is 0. The van der Waals surface area contributed by atoms with Gasteiger partial charge in [-0.3, -0.25) is 4.98 Å². The van der Waals surface area contributed by atoms with Crippen LogP contribution in [0, 0.1) is 49.2 Å². The zero-order chi connectivity index (χ0) is 47.3. The summed E-state index contributed by atoms with van der Waals surface area (Å²) in [6.07, 6.45) is 8.01. The molecule has 0 saturated carbocycles. The second kappa shape index (κ2) is 17.3. The number of nitrogens with zero attached hydrogens (tertiary/aromatic N) is 5. The normalized spacial score (nSPS) is 16.8. The number of hydrogen-bond acceptors (Lipinski definition) is 5. The van der Waals surface area contributed by atoms with E-state index in [0.29, 0.717) is 40.8 Å². The summed E-state index contributed by atoms with van der Waals surface area (Å²) in [6, 6.07) is 76.1. The maximum Gasteiger partial charge on any atom is 2.00 e.